The molecule has 26 heavy (non-hydrogen) atoms. The van der Waals surface area contributed by atoms with E-state index in [9.17, 15) is 23.1 Å². The lowest BCUT2D eigenvalue weighted by molar-refractivity contribution is -0.138. The molecule has 1 amide bonds. The number of hydrogen-bond donors (Lipinski definition) is 2. The van der Waals surface area contributed by atoms with Gasteiger partial charge in [0.25, 0.3) is 15.9 Å². The fraction of sp³-hybridized carbons (Fsp3) is 0.294. The van der Waals surface area contributed by atoms with Crippen LogP contribution in [0.1, 0.15) is 27.6 Å². The molecule has 8 nitrogen and oxygen atoms in total. The Balaban J connectivity index is 2.18. The summed E-state index contributed by atoms with van der Waals surface area (Å²) in [5, 5.41) is 11.6. The molecule has 0 saturated carbocycles. The van der Waals surface area contributed by atoms with Crippen LogP contribution in [0.3, 0.4) is 0 Å². The average molecular weight is 380 g/mol. The number of aliphatic carboxylic acids is 1. The van der Waals surface area contributed by atoms with Crippen molar-refractivity contribution in [3.8, 4) is 0 Å². The number of hydrogen-bond acceptors (Lipinski definition) is 5. The van der Waals surface area contributed by atoms with E-state index in [1.165, 1.54) is 21.0 Å². The maximum atomic E-state index is 12.4. The van der Waals surface area contributed by atoms with E-state index in [4.69, 9.17) is 4.42 Å². The number of aryl methyl sites for hydroxylation is 1. The molecule has 2 rings (SSSR count). The Labute approximate surface area is 151 Å². The van der Waals surface area contributed by atoms with Crippen LogP contribution >= 0.6 is 0 Å². The van der Waals surface area contributed by atoms with Crippen LogP contribution in [0.2, 0.25) is 0 Å². The van der Waals surface area contributed by atoms with Crippen molar-refractivity contribution in [1.29, 1.82) is 0 Å². The van der Waals surface area contributed by atoms with Gasteiger partial charge >= 0.3 is 5.97 Å². The molecule has 0 aliphatic heterocycles. The summed E-state index contributed by atoms with van der Waals surface area (Å²) in [6, 6.07) is 9.66. The first-order valence-electron chi connectivity index (χ1n) is 7.73. The number of carboxylic acid groups (broad SMARTS) is 1. The van der Waals surface area contributed by atoms with Crippen LogP contribution in [0.4, 0.5) is 0 Å². The van der Waals surface area contributed by atoms with Crippen molar-refractivity contribution in [2.75, 3.05) is 20.6 Å². The topological polar surface area (TPSA) is 117 Å². The predicted octanol–water partition coefficient (Wildman–Crippen LogP) is 1.44. The Bertz CT molecular complexity index is 903. The van der Waals surface area contributed by atoms with Gasteiger partial charge in [-0.25, -0.2) is 12.7 Å². The Morgan fingerprint density at radius 2 is 1.85 bits per heavy atom. The van der Waals surface area contributed by atoms with E-state index < -0.39 is 27.8 Å². The van der Waals surface area contributed by atoms with Gasteiger partial charge in [0.05, 0.1) is 11.5 Å². The SMILES string of the molecule is Cc1oc(S(=O)(=O)N(C)C)cc1C(=O)NCC(C(=O)O)c1ccccc1. The van der Waals surface area contributed by atoms with Gasteiger partial charge in [0.1, 0.15) is 5.76 Å². The maximum Gasteiger partial charge on any atom is 0.312 e. The van der Waals surface area contributed by atoms with Gasteiger partial charge in [0.15, 0.2) is 0 Å². The van der Waals surface area contributed by atoms with Crippen LogP contribution in [-0.4, -0.2) is 50.3 Å². The Morgan fingerprint density at radius 1 is 1.23 bits per heavy atom. The number of furan rings is 1. The number of rotatable bonds is 7. The van der Waals surface area contributed by atoms with E-state index in [-0.39, 0.29) is 23.0 Å². The van der Waals surface area contributed by atoms with E-state index in [1.54, 1.807) is 30.3 Å². The molecule has 2 N–H and O–H groups in total. The fourth-order valence-corrected chi connectivity index (χ4v) is 3.17. The van der Waals surface area contributed by atoms with Crippen LogP contribution in [0.15, 0.2) is 45.9 Å². The van der Waals surface area contributed by atoms with E-state index in [0.29, 0.717) is 5.56 Å². The zero-order chi connectivity index (χ0) is 19.5. The van der Waals surface area contributed by atoms with Crippen molar-refractivity contribution < 1.29 is 27.5 Å². The van der Waals surface area contributed by atoms with Gasteiger partial charge in [-0.3, -0.25) is 9.59 Å². The molecule has 140 valence electrons. The summed E-state index contributed by atoms with van der Waals surface area (Å²) in [4.78, 5) is 23.8. The molecule has 1 heterocycles. The van der Waals surface area contributed by atoms with Crippen LogP contribution in [0.25, 0.3) is 0 Å². The van der Waals surface area contributed by atoms with Crippen molar-refractivity contribution >= 4 is 21.9 Å². The van der Waals surface area contributed by atoms with Crippen molar-refractivity contribution in [2.24, 2.45) is 0 Å². The molecular weight excluding hydrogens is 360 g/mol. The summed E-state index contributed by atoms with van der Waals surface area (Å²) in [7, 11) is -1.10. The predicted molar refractivity (Wildman–Crippen MR) is 93.5 cm³/mol. The number of benzene rings is 1. The summed E-state index contributed by atoms with van der Waals surface area (Å²) >= 11 is 0. The molecule has 0 fully saturated rings. The minimum Gasteiger partial charge on any atom is -0.481 e. The molecule has 1 aromatic carbocycles. The van der Waals surface area contributed by atoms with Crippen LogP contribution in [0, 0.1) is 6.92 Å². The minimum atomic E-state index is -3.81. The molecular formula is C17H20N2O6S. The van der Waals surface area contributed by atoms with Crippen molar-refractivity contribution in [1.82, 2.24) is 9.62 Å². The molecule has 1 atom stereocenters. The van der Waals surface area contributed by atoms with E-state index in [1.807, 2.05) is 0 Å². The summed E-state index contributed by atoms with van der Waals surface area (Å²) in [5.74, 6) is -2.46. The van der Waals surface area contributed by atoms with Crippen LogP contribution < -0.4 is 5.32 Å². The third-order valence-corrected chi connectivity index (χ3v) is 5.51. The van der Waals surface area contributed by atoms with Gasteiger partial charge in [0.2, 0.25) is 5.09 Å². The van der Waals surface area contributed by atoms with Gasteiger partial charge in [0, 0.05) is 26.7 Å². The normalized spacial score (nSPS) is 12.8. The highest BCUT2D eigenvalue weighted by Crippen LogP contribution is 2.21. The molecule has 1 unspecified atom stereocenters. The summed E-state index contributed by atoms with van der Waals surface area (Å²) < 4.78 is 30.3. The third-order valence-electron chi connectivity index (χ3n) is 3.84. The van der Waals surface area contributed by atoms with Gasteiger partial charge < -0.3 is 14.8 Å². The van der Waals surface area contributed by atoms with E-state index >= 15 is 0 Å². The van der Waals surface area contributed by atoms with Crippen molar-refractivity contribution in [3.05, 3.63) is 53.3 Å². The first kappa shape index (κ1) is 19.7. The zero-order valence-corrected chi connectivity index (χ0v) is 15.4. The molecule has 0 aliphatic carbocycles. The quantitative estimate of drug-likeness (QED) is 0.751. The fourth-order valence-electron chi connectivity index (χ4n) is 2.31. The second-order valence-electron chi connectivity index (χ2n) is 5.83. The number of carbonyl (C=O) groups is 2. The van der Waals surface area contributed by atoms with E-state index in [0.717, 1.165) is 10.4 Å². The zero-order valence-electron chi connectivity index (χ0n) is 14.6. The van der Waals surface area contributed by atoms with Gasteiger partial charge in [-0.15, -0.1) is 0 Å². The standard InChI is InChI=1S/C17H20N2O6S/c1-11-13(9-15(25-11)26(23,24)19(2)3)16(20)18-10-14(17(21)22)12-7-5-4-6-8-12/h4-9,14H,10H2,1-3H3,(H,18,20)(H,21,22). The Hall–Kier alpha value is -2.65. The number of sulfonamides is 1. The Kier molecular flexibility index (Phi) is 5.83. The van der Waals surface area contributed by atoms with E-state index in [2.05, 4.69) is 5.32 Å². The van der Waals surface area contributed by atoms with Crippen molar-refractivity contribution in [3.63, 3.8) is 0 Å². The number of nitrogens with zero attached hydrogens (tertiary/aromatic N) is 1. The second kappa shape index (κ2) is 7.71. The maximum absolute atomic E-state index is 12.4. The molecule has 0 radical (unpaired) electrons. The molecule has 0 saturated heterocycles. The first-order valence-corrected chi connectivity index (χ1v) is 9.17. The second-order valence-corrected chi connectivity index (χ2v) is 7.92. The summed E-state index contributed by atoms with van der Waals surface area (Å²) in [6.45, 7) is 1.33. The highest BCUT2D eigenvalue weighted by atomic mass is 32.2. The van der Waals surface area contributed by atoms with Gasteiger partial charge in [-0.2, -0.15) is 0 Å². The monoisotopic (exact) mass is 380 g/mol. The average Bonchev–Trinajstić information content (AvgIpc) is 2.98. The highest BCUT2D eigenvalue weighted by molar-refractivity contribution is 7.88. The molecule has 0 spiro atoms. The first-order chi connectivity index (χ1) is 12.1. The third kappa shape index (κ3) is 4.12. The van der Waals surface area contributed by atoms with Crippen LogP contribution in [0.5, 0.6) is 0 Å². The number of amides is 1. The molecule has 1 aromatic heterocycles. The summed E-state index contributed by atoms with van der Waals surface area (Å²) in [5.41, 5.74) is 0.600. The lowest BCUT2D eigenvalue weighted by atomic mass is 9.99. The Morgan fingerprint density at radius 3 is 2.38 bits per heavy atom. The van der Waals surface area contributed by atoms with Gasteiger partial charge in [-0.05, 0) is 12.5 Å². The number of carbonyl (C=O) groups excluding carboxylic acids is 1. The lowest BCUT2D eigenvalue weighted by Crippen LogP contribution is -2.31. The summed E-state index contributed by atoms with van der Waals surface area (Å²) in [6.07, 6.45) is 0. The smallest absolute Gasteiger partial charge is 0.312 e. The van der Waals surface area contributed by atoms with Gasteiger partial charge in [-0.1, -0.05) is 30.3 Å². The van der Waals surface area contributed by atoms with Crippen LogP contribution in [-0.2, 0) is 14.8 Å². The minimum absolute atomic E-state index is 0.0441. The number of nitrogens with one attached hydrogen (secondary N) is 1. The molecule has 0 aliphatic rings. The highest BCUT2D eigenvalue weighted by Gasteiger charge is 2.27. The largest absolute Gasteiger partial charge is 0.481 e. The van der Waals surface area contributed by atoms with Crippen molar-refractivity contribution in [2.45, 2.75) is 17.9 Å². The lowest BCUT2D eigenvalue weighted by Gasteiger charge is -2.13. The molecule has 0 bridgehead atoms. The molecule has 2 aromatic rings. The number of carboxylic acids is 1. The molecule has 9 heteroatoms.